The molecular weight excluding hydrogens is 1560 g/mol. The summed E-state index contributed by atoms with van der Waals surface area (Å²) in [6, 6.07) is 35.1. The number of nitrogens with one attached hydrogen (secondary N) is 16. The van der Waals surface area contributed by atoms with Gasteiger partial charge in [-0.25, -0.2) is 0 Å². The van der Waals surface area contributed by atoms with Gasteiger partial charge in [-0.05, 0) is 155 Å². The normalized spacial score (nSPS) is 13.9. The lowest BCUT2D eigenvalue weighted by molar-refractivity contribution is -0.136. The Kier molecular flexibility index (Phi) is 38.8. The number of para-hydroxylation sites is 2. The summed E-state index contributed by atoms with van der Waals surface area (Å²) in [5.41, 5.74) is 46.5. The third-order valence-electron chi connectivity index (χ3n) is 20.8. The molecule has 34 heteroatoms. The van der Waals surface area contributed by atoms with Crippen LogP contribution in [0.5, 0.6) is 0 Å². The number of rotatable bonds is 53. The number of unbranched alkanes of at least 4 members (excludes halogenated alkanes) is 3. The zero-order valence-corrected chi connectivity index (χ0v) is 68.7. The number of aromatic nitrogens is 2. The monoisotopic (exact) mass is 1670 g/mol. The van der Waals surface area contributed by atoms with E-state index < -0.39 is 131 Å². The number of aromatic amines is 2. The zero-order chi connectivity index (χ0) is 87.7. The van der Waals surface area contributed by atoms with Gasteiger partial charge in [0.15, 0.2) is 11.9 Å². The van der Waals surface area contributed by atoms with Gasteiger partial charge in [0.05, 0.1) is 6.04 Å². The van der Waals surface area contributed by atoms with Crippen molar-refractivity contribution in [3.63, 3.8) is 0 Å². The summed E-state index contributed by atoms with van der Waals surface area (Å²) in [6.07, 6.45) is 5.65. The molecule has 0 aliphatic carbocycles. The molecule has 0 saturated heterocycles. The fourth-order valence-corrected chi connectivity index (χ4v) is 14.2. The first-order valence-corrected chi connectivity index (χ1v) is 41.5. The molecule has 0 bridgehead atoms. The van der Waals surface area contributed by atoms with Crippen LogP contribution in [0.15, 0.2) is 182 Å². The van der Waals surface area contributed by atoms with Crippen LogP contribution >= 0.6 is 0 Å². The van der Waals surface area contributed by atoms with E-state index in [0.717, 1.165) is 5.56 Å². The van der Waals surface area contributed by atoms with Gasteiger partial charge in [0.1, 0.15) is 60.4 Å². The van der Waals surface area contributed by atoms with Gasteiger partial charge < -0.3 is 114 Å². The van der Waals surface area contributed by atoms with Crippen LogP contribution in [-0.2, 0) is 91.3 Å². The second-order valence-electron chi connectivity index (χ2n) is 30.3. The number of nitrogens with two attached hydrogens (primary N) is 7. The second kappa shape index (κ2) is 50.1. The maximum atomic E-state index is 15.6. The Morgan fingerprint density at radius 2 is 0.533 bits per heavy atom. The van der Waals surface area contributed by atoms with Crippen LogP contribution in [0.1, 0.15) is 117 Å². The molecule has 2 aromatic heterocycles. The fourth-order valence-electron chi connectivity index (χ4n) is 14.2. The quantitative estimate of drug-likeness (QED) is 0.0143. The van der Waals surface area contributed by atoms with Crippen molar-refractivity contribution in [3.8, 4) is 0 Å². The van der Waals surface area contributed by atoms with Crippen LogP contribution in [-0.4, -0.2) is 186 Å². The van der Waals surface area contributed by atoms with Crippen molar-refractivity contribution >= 4 is 98.7 Å². The van der Waals surface area contributed by atoms with E-state index in [0.29, 0.717) is 88.3 Å². The highest BCUT2D eigenvalue weighted by Crippen LogP contribution is 2.23. The molecule has 0 spiro atoms. The molecule has 8 rings (SSSR count). The Bertz CT molecular complexity index is 4730. The number of amides is 11. The number of benzene rings is 6. The summed E-state index contributed by atoms with van der Waals surface area (Å²) in [7, 11) is 0. The molecule has 0 aliphatic heterocycles. The smallest absolute Gasteiger partial charge is 0.243 e. The number of hydrogen-bond acceptors (Lipinski definition) is 17. The zero-order valence-electron chi connectivity index (χ0n) is 68.7. The van der Waals surface area contributed by atoms with Gasteiger partial charge in [0.25, 0.3) is 0 Å². The van der Waals surface area contributed by atoms with Crippen molar-refractivity contribution in [3.05, 3.63) is 216 Å². The maximum absolute atomic E-state index is 15.6. The van der Waals surface area contributed by atoms with E-state index in [1.54, 1.807) is 109 Å². The first-order valence-electron chi connectivity index (χ1n) is 41.5. The molecule has 0 unspecified atom stereocenters. The Morgan fingerprint density at radius 3 is 0.836 bits per heavy atom. The summed E-state index contributed by atoms with van der Waals surface area (Å²) in [5, 5.41) is 50.7. The third-order valence-corrected chi connectivity index (χ3v) is 20.8. The Balaban J connectivity index is 1.10. The number of guanidine groups is 2. The number of carbonyl (C=O) groups is 11. The second-order valence-corrected chi connectivity index (χ2v) is 30.3. The predicted octanol–water partition coefficient (Wildman–Crippen LogP) is 0.979. The lowest BCUT2D eigenvalue weighted by Gasteiger charge is -2.29. The molecule has 8 aromatic rings. The van der Waals surface area contributed by atoms with E-state index in [1.165, 1.54) is 0 Å². The van der Waals surface area contributed by atoms with E-state index in [1.807, 2.05) is 72.8 Å². The SMILES string of the molecule is N=C(N)NCCC[C@H](NC(=O)[C@H](CCCNC(=N)N)NC(=O)[C@H](Cc1ccccc1)NC(=O)[C@H](Cc1c[nH]c2ccccc12)NC(=O)[C@H](CCCCN)NC(=O)[C@H](Cc1c[nH]c2ccccc12)NC(=O)[C@H](Cc1ccccc1)NC(=O)[C@H](CCCCN)NC(=O)[C@H](CCCCN)NC(=O)[C@@H](N)Cc1ccccc1)C(=O)N[C@@H](Cc1ccccc1)C(N)=O. The first-order chi connectivity index (χ1) is 58.9. The fraction of sp³-hybridized carbons (Fsp3) is 0.398. The van der Waals surface area contributed by atoms with E-state index in [4.69, 9.17) is 51.0 Å². The standard InChI is InChI=1S/C88H119N23O11/c89-42-20-17-37-66(102-77(113)63(92)47-55-25-5-1-6-26-55)78(114)103-67(38-18-21-43-90)81(117)108-73(50-58-31-11-4-12-32-58)84(120)111-74(51-59-53-100-64-35-15-13-33-61(59)64)85(121)105-68(39-19-22-44-91)82(118)110-75(52-60-54-101-65-36-16-14-34-62(60)65)86(122)109-72(49-57-29-9-3-10-30-57)83(119)106-69(40-23-45-98-87(94)95)79(115)104-70(41-24-46-99-88(96)97)80(116)107-71(76(93)112)48-56-27-7-2-8-28-56/h1-16,25-36,53-54,63,66-75,100-101H,17-24,37-52,89-92H2,(H2,93,112)(H,102,113)(H,103,114)(H,104,115)(H,105,121)(H,106,119)(H,107,116)(H,108,117)(H,109,122)(H,110,118)(H,111,120)(H4,94,95,98)(H4,96,97,99)/t63-,66-,67-,68-,69-,70-,71-,72-,73-,74-,75-/m0/s1. The van der Waals surface area contributed by atoms with Crippen molar-refractivity contribution in [2.75, 3.05) is 32.7 Å². The summed E-state index contributed by atoms with van der Waals surface area (Å²) >= 11 is 0. The minimum Gasteiger partial charge on any atom is -0.370 e. The number of fused-ring (bicyclic) bond motifs is 2. The van der Waals surface area contributed by atoms with Gasteiger partial charge in [0.2, 0.25) is 65.0 Å². The number of carbonyl (C=O) groups excluding carboxylic acids is 11. The lowest BCUT2D eigenvalue weighted by atomic mass is 9.99. The van der Waals surface area contributed by atoms with Crippen LogP contribution in [0.25, 0.3) is 21.8 Å². The van der Waals surface area contributed by atoms with Crippen LogP contribution in [0.2, 0.25) is 0 Å². The van der Waals surface area contributed by atoms with Crippen LogP contribution in [0, 0.1) is 10.8 Å². The molecule has 0 radical (unpaired) electrons. The molecule has 34 nitrogen and oxygen atoms in total. The van der Waals surface area contributed by atoms with E-state index in [-0.39, 0.29) is 128 Å². The minimum absolute atomic E-state index is 0.0162. The van der Waals surface area contributed by atoms with Crippen molar-refractivity contribution in [2.24, 2.45) is 40.1 Å². The molecule has 652 valence electrons. The van der Waals surface area contributed by atoms with Gasteiger partial charge in [-0.15, -0.1) is 0 Å². The molecule has 11 atom stereocenters. The average Bonchev–Trinajstić information content (AvgIpc) is 1.62. The van der Waals surface area contributed by atoms with Gasteiger partial charge in [0, 0.05) is 79.4 Å². The molecule has 0 saturated carbocycles. The highest BCUT2D eigenvalue weighted by atomic mass is 16.2. The molecule has 6 aromatic carbocycles. The van der Waals surface area contributed by atoms with E-state index in [2.05, 4.69) is 73.8 Å². The highest BCUT2D eigenvalue weighted by Gasteiger charge is 2.38. The average molecular weight is 1680 g/mol. The van der Waals surface area contributed by atoms with Crippen molar-refractivity contribution < 1.29 is 52.7 Å². The largest absolute Gasteiger partial charge is 0.370 e. The van der Waals surface area contributed by atoms with Crippen molar-refractivity contribution in [2.45, 2.75) is 188 Å². The van der Waals surface area contributed by atoms with Gasteiger partial charge >= 0.3 is 0 Å². The molecule has 2 heterocycles. The Labute approximate surface area is 709 Å². The molecular formula is C88H119N23O11. The summed E-state index contributed by atoms with van der Waals surface area (Å²) < 4.78 is 0. The number of primary amides is 1. The maximum Gasteiger partial charge on any atom is 0.243 e. The van der Waals surface area contributed by atoms with Gasteiger partial charge in [-0.3, -0.25) is 63.6 Å². The summed E-state index contributed by atoms with van der Waals surface area (Å²) in [5.74, 6) is -9.49. The molecule has 0 aliphatic rings. The summed E-state index contributed by atoms with van der Waals surface area (Å²) in [6.45, 7) is 0.947. The predicted molar refractivity (Wildman–Crippen MR) is 468 cm³/mol. The van der Waals surface area contributed by atoms with Crippen LogP contribution in [0.3, 0.4) is 0 Å². The molecule has 30 N–H and O–H groups in total. The Morgan fingerprint density at radius 1 is 0.287 bits per heavy atom. The number of H-pyrrole nitrogens is 2. The van der Waals surface area contributed by atoms with E-state index in [9.17, 15) is 24.0 Å². The van der Waals surface area contributed by atoms with Crippen LogP contribution < -0.4 is 104 Å². The Hall–Kier alpha value is -13.1. The minimum atomic E-state index is -1.53. The molecule has 11 amide bonds. The topological polar surface area (TPSA) is 594 Å². The lowest BCUT2D eigenvalue weighted by Crippen LogP contribution is -2.61. The van der Waals surface area contributed by atoms with Crippen molar-refractivity contribution in [1.82, 2.24) is 73.8 Å². The van der Waals surface area contributed by atoms with Gasteiger partial charge in [-0.2, -0.15) is 0 Å². The van der Waals surface area contributed by atoms with Crippen molar-refractivity contribution in [1.29, 1.82) is 10.8 Å². The van der Waals surface area contributed by atoms with E-state index >= 15 is 28.8 Å². The number of hydrogen-bond donors (Lipinski definition) is 23. The molecule has 0 fully saturated rings. The third kappa shape index (κ3) is 31.3. The first kappa shape index (κ1) is 94.4. The highest BCUT2D eigenvalue weighted by molar-refractivity contribution is 6.00. The van der Waals surface area contributed by atoms with Crippen LogP contribution in [0.4, 0.5) is 0 Å². The molecule has 122 heavy (non-hydrogen) atoms. The summed E-state index contributed by atoms with van der Waals surface area (Å²) in [4.78, 5) is 170. The van der Waals surface area contributed by atoms with Gasteiger partial charge in [-0.1, -0.05) is 158 Å².